The fraction of sp³-hybridized carbons (Fsp3) is 0.730. The summed E-state index contributed by atoms with van der Waals surface area (Å²) in [7, 11) is 0. The Balaban J connectivity index is 4.40. The molecule has 0 aromatic carbocycles. The monoisotopic (exact) mass is 961 g/mol. The first-order valence-electron chi connectivity index (χ1n) is 29.1. The first-order chi connectivity index (χ1) is 34.0. The average Bonchev–Trinajstić information content (AvgIpc) is 3.35. The summed E-state index contributed by atoms with van der Waals surface area (Å²) in [5.74, 6) is -0.912. The van der Waals surface area contributed by atoms with Crippen LogP contribution in [0.3, 0.4) is 0 Å². The van der Waals surface area contributed by atoms with Crippen LogP contribution in [0.4, 0.5) is 0 Å². The topological polar surface area (TPSA) is 78.9 Å². The van der Waals surface area contributed by atoms with Gasteiger partial charge in [-0.25, -0.2) is 0 Å². The van der Waals surface area contributed by atoms with E-state index >= 15 is 0 Å². The summed E-state index contributed by atoms with van der Waals surface area (Å²) >= 11 is 0. The molecule has 1 atom stereocenters. The quantitative estimate of drug-likeness (QED) is 0.0262. The second kappa shape index (κ2) is 57.2. The molecule has 6 nitrogen and oxygen atoms in total. The number of carbonyl (C=O) groups excluding carboxylic acids is 3. The lowest BCUT2D eigenvalue weighted by molar-refractivity contribution is -0.167. The van der Waals surface area contributed by atoms with Crippen molar-refractivity contribution < 1.29 is 28.6 Å². The molecule has 0 fully saturated rings. The Bertz CT molecular complexity index is 1330. The van der Waals surface area contributed by atoms with Gasteiger partial charge in [0, 0.05) is 19.3 Å². The van der Waals surface area contributed by atoms with Gasteiger partial charge in [0.25, 0.3) is 0 Å². The van der Waals surface area contributed by atoms with Gasteiger partial charge < -0.3 is 14.2 Å². The molecule has 0 heterocycles. The lowest BCUT2D eigenvalue weighted by Crippen LogP contribution is -2.30. The molecule has 0 N–H and O–H groups in total. The van der Waals surface area contributed by atoms with Crippen LogP contribution in [-0.4, -0.2) is 37.2 Å². The van der Waals surface area contributed by atoms with E-state index < -0.39 is 6.10 Å². The third kappa shape index (κ3) is 55.4. The van der Waals surface area contributed by atoms with Gasteiger partial charge in [0.2, 0.25) is 0 Å². The highest BCUT2D eigenvalue weighted by molar-refractivity contribution is 5.71. The highest BCUT2D eigenvalue weighted by atomic mass is 16.6. The summed E-state index contributed by atoms with van der Waals surface area (Å²) in [5, 5.41) is 0. The van der Waals surface area contributed by atoms with Crippen LogP contribution in [-0.2, 0) is 28.6 Å². The zero-order chi connectivity index (χ0) is 50.0. The average molecular weight is 962 g/mol. The Morgan fingerprint density at radius 1 is 0.304 bits per heavy atom. The van der Waals surface area contributed by atoms with Crippen molar-refractivity contribution in [2.24, 2.45) is 0 Å². The number of hydrogen-bond acceptors (Lipinski definition) is 6. The maximum absolute atomic E-state index is 12.9. The van der Waals surface area contributed by atoms with Gasteiger partial charge in [-0.3, -0.25) is 14.4 Å². The van der Waals surface area contributed by atoms with Crippen LogP contribution in [0.15, 0.2) is 85.1 Å². The van der Waals surface area contributed by atoms with Crippen molar-refractivity contribution in [3.8, 4) is 0 Å². The van der Waals surface area contributed by atoms with Crippen molar-refractivity contribution in [2.45, 2.75) is 284 Å². The maximum Gasteiger partial charge on any atom is 0.306 e. The van der Waals surface area contributed by atoms with Gasteiger partial charge in [0.15, 0.2) is 6.10 Å². The fourth-order valence-corrected chi connectivity index (χ4v) is 8.04. The molecule has 0 bridgehead atoms. The van der Waals surface area contributed by atoms with E-state index in [0.717, 1.165) is 141 Å². The summed E-state index contributed by atoms with van der Waals surface area (Å²) in [6, 6.07) is 0. The number of unbranched alkanes of at least 4 members (excludes halogenated alkanes) is 27. The number of allylic oxidation sites excluding steroid dienone is 14. The molecule has 0 aliphatic rings. The van der Waals surface area contributed by atoms with Crippen molar-refractivity contribution >= 4 is 17.9 Å². The highest BCUT2D eigenvalue weighted by Gasteiger charge is 2.19. The molecule has 0 saturated carbocycles. The van der Waals surface area contributed by atoms with Gasteiger partial charge in [-0.2, -0.15) is 0 Å². The second-order valence-electron chi connectivity index (χ2n) is 19.2. The number of carbonyl (C=O) groups is 3. The molecule has 69 heavy (non-hydrogen) atoms. The van der Waals surface area contributed by atoms with Gasteiger partial charge in [0.1, 0.15) is 13.2 Å². The largest absolute Gasteiger partial charge is 0.462 e. The normalized spacial score (nSPS) is 12.7. The van der Waals surface area contributed by atoms with E-state index in [-0.39, 0.29) is 31.1 Å². The Labute approximate surface area is 426 Å². The minimum absolute atomic E-state index is 0.0885. The summed E-state index contributed by atoms with van der Waals surface area (Å²) < 4.78 is 16.9. The summed E-state index contributed by atoms with van der Waals surface area (Å²) in [6.45, 7) is 6.45. The van der Waals surface area contributed by atoms with Crippen LogP contribution in [0.1, 0.15) is 278 Å². The van der Waals surface area contributed by atoms with Crippen molar-refractivity contribution in [2.75, 3.05) is 13.2 Å². The van der Waals surface area contributed by atoms with Gasteiger partial charge in [-0.15, -0.1) is 0 Å². The van der Waals surface area contributed by atoms with Crippen molar-refractivity contribution in [3.63, 3.8) is 0 Å². The number of ether oxygens (including phenoxy) is 3. The predicted octanol–water partition coefficient (Wildman–Crippen LogP) is 19.5. The van der Waals surface area contributed by atoms with E-state index in [9.17, 15) is 14.4 Å². The standard InChI is InChI=1S/C63H108O6/c1-4-7-10-13-16-19-22-25-27-29-30-31-32-34-35-38-41-44-47-50-53-56-62(65)68-59-60(58-67-61(64)55-52-49-46-43-40-37-24-21-18-15-12-9-6-3)69-63(66)57-54-51-48-45-42-39-36-33-28-26-23-20-17-14-11-8-5-2/h7,10,12,15-16,19,21,24-25,27,30-31,34-35,60H,4-6,8-9,11,13-14,17-18,20,22-23,26,28-29,32-33,36-59H2,1-3H3/b10-7-,15-12-,19-16-,24-21-,27-25-,31-30-,35-34-. The molecule has 0 aliphatic carbocycles. The molecule has 6 heteroatoms. The van der Waals surface area contributed by atoms with E-state index in [1.807, 2.05) is 0 Å². The van der Waals surface area contributed by atoms with Crippen LogP contribution in [0, 0.1) is 0 Å². The molecule has 0 rings (SSSR count). The molecule has 396 valence electrons. The minimum atomic E-state index is -0.789. The lowest BCUT2D eigenvalue weighted by atomic mass is 10.0. The summed E-state index contributed by atoms with van der Waals surface area (Å²) in [4.78, 5) is 38.2. The van der Waals surface area contributed by atoms with Crippen LogP contribution < -0.4 is 0 Å². The molecule has 0 aromatic heterocycles. The smallest absolute Gasteiger partial charge is 0.306 e. The maximum atomic E-state index is 12.9. The van der Waals surface area contributed by atoms with Crippen LogP contribution in [0.2, 0.25) is 0 Å². The van der Waals surface area contributed by atoms with Gasteiger partial charge >= 0.3 is 17.9 Å². The molecule has 0 amide bonds. The molecule has 0 aromatic rings. The minimum Gasteiger partial charge on any atom is -0.462 e. The van der Waals surface area contributed by atoms with Crippen molar-refractivity contribution in [1.82, 2.24) is 0 Å². The molecule has 0 saturated heterocycles. The predicted molar refractivity (Wildman–Crippen MR) is 297 cm³/mol. The molecular formula is C63H108O6. The van der Waals surface area contributed by atoms with E-state index in [4.69, 9.17) is 14.2 Å². The first-order valence-corrected chi connectivity index (χ1v) is 29.1. The van der Waals surface area contributed by atoms with Gasteiger partial charge in [0.05, 0.1) is 0 Å². The Kier molecular flexibility index (Phi) is 54.3. The van der Waals surface area contributed by atoms with E-state index in [1.54, 1.807) is 0 Å². The Morgan fingerprint density at radius 2 is 0.594 bits per heavy atom. The highest BCUT2D eigenvalue weighted by Crippen LogP contribution is 2.16. The van der Waals surface area contributed by atoms with Gasteiger partial charge in [-0.1, -0.05) is 254 Å². The Morgan fingerprint density at radius 3 is 0.942 bits per heavy atom. The fourth-order valence-electron chi connectivity index (χ4n) is 8.04. The Hall–Kier alpha value is -3.41. The van der Waals surface area contributed by atoms with Crippen molar-refractivity contribution in [1.29, 1.82) is 0 Å². The van der Waals surface area contributed by atoms with Crippen LogP contribution >= 0.6 is 0 Å². The van der Waals surface area contributed by atoms with E-state index in [1.165, 1.54) is 96.3 Å². The van der Waals surface area contributed by atoms with Gasteiger partial charge in [-0.05, 0) is 89.9 Å². The molecular weight excluding hydrogens is 853 g/mol. The zero-order valence-electron chi connectivity index (χ0n) is 45.3. The molecule has 0 aliphatic heterocycles. The third-order valence-electron chi connectivity index (χ3n) is 12.4. The zero-order valence-corrected chi connectivity index (χ0v) is 45.3. The SMILES string of the molecule is CC/C=C\C/C=C\C/C=C\C/C=C\C/C=C\CCCCCCCC(=O)OCC(COC(=O)CCCCCCC/C=C\C/C=C\CCC)OC(=O)CCCCCCCCCCCCCCCCCCC. The molecule has 1 unspecified atom stereocenters. The van der Waals surface area contributed by atoms with Crippen molar-refractivity contribution in [3.05, 3.63) is 85.1 Å². The second-order valence-corrected chi connectivity index (χ2v) is 19.2. The number of esters is 3. The van der Waals surface area contributed by atoms with Crippen LogP contribution in [0.5, 0.6) is 0 Å². The van der Waals surface area contributed by atoms with E-state index in [0.29, 0.717) is 19.3 Å². The molecule has 0 radical (unpaired) electrons. The van der Waals surface area contributed by atoms with E-state index in [2.05, 4.69) is 106 Å². The number of rotatable bonds is 52. The summed E-state index contributed by atoms with van der Waals surface area (Å²) in [5.41, 5.74) is 0. The summed E-state index contributed by atoms with van der Waals surface area (Å²) in [6.07, 6.45) is 74.3. The molecule has 0 spiro atoms. The lowest BCUT2D eigenvalue weighted by Gasteiger charge is -2.18. The first kappa shape index (κ1) is 65.6. The third-order valence-corrected chi connectivity index (χ3v) is 12.4. The van der Waals surface area contributed by atoms with Crippen LogP contribution in [0.25, 0.3) is 0 Å². The number of hydrogen-bond donors (Lipinski definition) is 0.